The molecule has 1 saturated carbocycles. The van der Waals surface area contributed by atoms with Crippen molar-refractivity contribution in [3.8, 4) is 0 Å². The van der Waals surface area contributed by atoms with Crippen LogP contribution in [0.25, 0.3) is 0 Å². The average molecular weight is 349 g/mol. The Balaban J connectivity index is 1.67. The summed E-state index contributed by atoms with van der Waals surface area (Å²) in [4.78, 5) is 5.37. The minimum Gasteiger partial charge on any atom is -0.298 e. The number of hydrogen-bond donors (Lipinski definition) is 0. The first kappa shape index (κ1) is 18.8. The van der Waals surface area contributed by atoms with Gasteiger partial charge in [0.2, 0.25) is 0 Å². The van der Waals surface area contributed by atoms with Crippen molar-refractivity contribution < 1.29 is 0 Å². The summed E-state index contributed by atoms with van der Waals surface area (Å²) in [7, 11) is 0. The molecular formula is C19H36N6. The molecule has 142 valence electrons. The van der Waals surface area contributed by atoms with Gasteiger partial charge in [-0.1, -0.05) is 33.1 Å². The molecule has 0 aromatic carbocycles. The van der Waals surface area contributed by atoms with Crippen LogP contribution in [0.4, 0.5) is 0 Å². The molecule has 6 nitrogen and oxygen atoms in total. The van der Waals surface area contributed by atoms with Crippen LogP contribution >= 0.6 is 0 Å². The lowest BCUT2D eigenvalue weighted by atomic mass is 9.93. The summed E-state index contributed by atoms with van der Waals surface area (Å²) in [6.07, 6.45) is 8.21. The van der Waals surface area contributed by atoms with Gasteiger partial charge < -0.3 is 0 Å². The molecule has 3 rings (SSSR count). The number of hydrogen-bond acceptors (Lipinski definition) is 5. The molecule has 1 saturated heterocycles. The van der Waals surface area contributed by atoms with E-state index < -0.39 is 0 Å². The van der Waals surface area contributed by atoms with Gasteiger partial charge in [0, 0.05) is 32.2 Å². The number of aromatic nitrogens is 4. The van der Waals surface area contributed by atoms with Crippen molar-refractivity contribution in [2.24, 2.45) is 5.92 Å². The van der Waals surface area contributed by atoms with Crippen LogP contribution in [0.2, 0.25) is 0 Å². The number of nitrogens with zero attached hydrogens (tertiary/aromatic N) is 6. The van der Waals surface area contributed by atoms with Gasteiger partial charge in [0.15, 0.2) is 5.82 Å². The second kappa shape index (κ2) is 8.58. The highest BCUT2D eigenvalue weighted by Crippen LogP contribution is 2.30. The standard InChI is InChI=1S/C19H36N6/c1-15(2)14-18(19-20-21-22-25(19)16(3)4)24-12-10-23(11-13-24)17-8-6-5-7-9-17/h15-18H,5-14H2,1-4H3/t18-/m0/s1. The summed E-state index contributed by atoms with van der Waals surface area (Å²) in [5, 5.41) is 12.6. The third kappa shape index (κ3) is 4.59. The molecule has 2 fully saturated rings. The quantitative estimate of drug-likeness (QED) is 0.789. The molecule has 1 aromatic rings. The molecule has 2 aliphatic rings. The van der Waals surface area contributed by atoms with Crippen molar-refractivity contribution in [2.45, 2.75) is 84.3 Å². The van der Waals surface area contributed by atoms with E-state index >= 15 is 0 Å². The lowest BCUT2D eigenvalue weighted by Crippen LogP contribution is -2.52. The summed E-state index contributed by atoms with van der Waals surface area (Å²) in [5.74, 6) is 1.69. The van der Waals surface area contributed by atoms with Gasteiger partial charge in [-0.15, -0.1) is 5.10 Å². The summed E-state index contributed by atoms with van der Waals surface area (Å²) in [5.41, 5.74) is 0. The molecule has 1 aromatic heterocycles. The Hall–Kier alpha value is -1.01. The summed E-state index contributed by atoms with van der Waals surface area (Å²) >= 11 is 0. The van der Waals surface area contributed by atoms with Crippen molar-refractivity contribution in [2.75, 3.05) is 26.2 Å². The number of rotatable bonds is 6. The lowest BCUT2D eigenvalue weighted by Gasteiger charge is -2.43. The summed E-state index contributed by atoms with van der Waals surface area (Å²) in [6.45, 7) is 13.6. The van der Waals surface area contributed by atoms with Gasteiger partial charge in [0.05, 0.1) is 12.1 Å². The largest absolute Gasteiger partial charge is 0.298 e. The molecule has 0 radical (unpaired) electrons. The average Bonchev–Trinajstić information content (AvgIpc) is 3.10. The smallest absolute Gasteiger partial charge is 0.168 e. The molecule has 1 aliphatic heterocycles. The van der Waals surface area contributed by atoms with Crippen LogP contribution in [0.1, 0.15) is 84.1 Å². The first-order valence-electron chi connectivity index (χ1n) is 10.3. The second-order valence-electron chi connectivity index (χ2n) is 8.58. The monoisotopic (exact) mass is 348 g/mol. The van der Waals surface area contributed by atoms with E-state index in [-0.39, 0.29) is 0 Å². The summed E-state index contributed by atoms with van der Waals surface area (Å²) < 4.78 is 2.01. The van der Waals surface area contributed by atoms with Gasteiger partial charge in [-0.05, 0) is 49.5 Å². The highest BCUT2D eigenvalue weighted by atomic mass is 15.6. The number of tetrazole rings is 1. The maximum Gasteiger partial charge on any atom is 0.168 e. The Labute approximate surface area is 152 Å². The van der Waals surface area contributed by atoms with E-state index in [1.807, 2.05) is 4.68 Å². The Kier molecular flexibility index (Phi) is 6.44. The highest BCUT2D eigenvalue weighted by molar-refractivity contribution is 4.97. The van der Waals surface area contributed by atoms with E-state index in [9.17, 15) is 0 Å². The molecule has 25 heavy (non-hydrogen) atoms. The van der Waals surface area contributed by atoms with E-state index in [4.69, 9.17) is 0 Å². The molecule has 0 spiro atoms. The molecule has 6 heteroatoms. The van der Waals surface area contributed by atoms with Gasteiger partial charge in [-0.25, -0.2) is 4.68 Å². The Bertz CT molecular complexity index is 512. The summed E-state index contributed by atoms with van der Waals surface area (Å²) in [6, 6.07) is 1.48. The topological polar surface area (TPSA) is 50.1 Å². The van der Waals surface area contributed by atoms with E-state index in [0.717, 1.165) is 31.4 Å². The maximum atomic E-state index is 4.42. The number of piperazine rings is 1. The lowest BCUT2D eigenvalue weighted by molar-refractivity contribution is 0.0464. The van der Waals surface area contributed by atoms with Crippen LogP contribution in [0.15, 0.2) is 0 Å². The van der Waals surface area contributed by atoms with Gasteiger partial charge in [0.1, 0.15) is 0 Å². The van der Waals surface area contributed by atoms with E-state index in [1.165, 1.54) is 45.2 Å². The fourth-order valence-electron chi connectivity index (χ4n) is 4.51. The van der Waals surface area contributed by atoms with E-state index in [1.54, 1.807) is 0 Å². The minimum atomic E-state index is 0.309. The molecule has 0 bridgehead atoms. The van der Waals surface area contributed by atoms with Crippen LogP contribution < -0.4 is 0 Å². The fourth-order valence-corrected chi connectivity index (χ4v) is 4.51. The van der Waals surface area contributed by atoms with Gasteiger partial charge >= 0.3 is 0 Å². The molecule has 0 amide bonds. The highest BCUT2D eigenvalue weighted by Gasteiger charge is 2.32. The van der Waals surface area contributed by atoms with Crippen LogP contribution in [0.3, 0.4) is 0 Å². The third-order valence-corrected chi connectivity index (χ3v) is 5.88. The predicted octanol–water partition coefficient (Wildman–Crippen LogP) is 3.29. The van der Waals surface area contributed by atoms with Crippen molar-refractivity contribution in [3.63, 3.8) is 0 Å². The van der Waals surface area contributed by atoms with Crippen molar-refractivity contribution in [1.82, 2.24) is 30.0 Å². The SMILES string of the molecule is CC(C)C[C@@H](c1nnnn1C(C)C)N1CCN(C2CCCCC2)CC1. The predicted molar refractivity (Wildman–Crippen MR) is 100 cm³/mol. The first-order chi connectivity index (χ1) is 12.1. The second-order valence-corrected chi connectivity index (χ2v) is 8.58. The van der Waals surface area contributed by atoms with Gasteiger partial charge in [0.25, 0.3) is 0 Å². The minimum absolute atomic E-state index is 0.309. The Morgan fingerprint density at radius 2 is 1.64 bits per heavy atom. The first-order valence-corrected chi connectivity index (χ1v) is 10.3. The molecular weight excluding hydrogens is 312 g/mol. The van der Waals surface area contributed by atoms with Gasteiger partial charge in [-0.3, -0.25) is 9.80 Å². The van der Waals surface area contributed by atoms with Crippen molar-refractivity contribution >= 4 is 0 Å². The van der Waals surface area contributed by atoms with Crippen molar-refractivity contribution in [3.05, 3.63) is 5.82 Å². The van der Waals surface area contributed by atoms with E-state index in [2.05, 4.69) is 53.0 Å². The zero-order valence-electron chi connectivity index (χ0n) is 16.6. The molecule has 1 atom stereocenters. The Morgan fingerprint density at radius 3 is 2.24 bits per heavy atom. The van der Waals surface area contributed by atoms with Crippen LogP contribution in [-0.2, 0) is 0 Å². The van der Waals surface area contributed by atoms with Crippen molar-refractivity contribution in [1.29, 1.82) is 0 Å². The molecule has 0 N–H and O–H groups in total. The zero-order chi connectivity index (χ0) is 17.8. The molecule has 2 heterocycles. The van der Waals surface area contributed by atoms with E-state index in [0.29, 0.717) is 18.0 Å². The van der Waals surface area contributed by atoms with Crippen LogP contribution in [0, 0.1) is 5.92 Å². The normalized spacial score (nSPS) is 22.8. The van der Waals surface area contributed by atoms with Gasteiger partial charge in [-0.2, -0.15) is 0 Å². The van der Waals surface area contributed by atoms with Crippen LogP contribution in [0.5, 0.6) is 0 Å². The zero-order valence-corrected chi connectivity index (χ0v) is 16.6. The fraction of sp³-hybridized carbons (Fsp3) is 0.947. The third-order valence-electron chi connectivity index (χ3n) is 5.88. The van der Waals surface area contributed by atoms with Crippen LogP contribution in [-0.4, -0.2) is 62.2 Å². The maximum absolute atomic E-state index is 4.42. The molecule has 1 aliphatic carbocycles. The molecule has 0 unspecified atom stereocenters. The Morgan fingerprint density at radius 1 is 0.960 bits per heavy atom.